The number of hydrogen-bond acceptors (Lipinski definition) is 5. The number of carbonyl (C=O) groups excluding carboxylic acids is 1. The van der Waals surface area contributed by atoms with E-state index in [2.05, 4.69) is 9.72 Å². The highest BCUT2D eigenvalue weighted by Crippen LogP contribution is 2.14. The molecule has 0 bridgehead atoms. The van der Waals surface area contributed by atoms with E-state index in [-0.39, 0.29) is 10.5 Å². The van der Waals surface area contributed by atoms with Crippen molar-refractivity contribution in [3.05, 3.63) is 24.0 Å². The van der Waals surface area contributed by atoms with Crippen LogP contribution in [0.2, 0.25) is 0 Å². The second kappa shape index (κ2) is 3.75. The van der Waals surface area contributed by atoms with E-state index in [9.17, 15) is 13.2 Å². The summed E-state index contributed by atoms with van der Waals surface area (Å²) >= 11 is 0. The molecule has 0 N–H and O–H groups in total. The van der Waals surface area contributed by atoms with E-state index in [0.717, 1.165) is 6.26 Å². The summed E-state index contributed by atoms with van der Waals surface area (Å²) < 4.78 is 26.9. The van der Waals surface area contributed by atoms with Crippen LogP contribution in [0, 0.1) is 0 Å². The van der Waals surface area contributed by atoms with Gasteiger partial charge in [0.15, 0.2) is 9.84 Å². The predicted octanol–water partition coefficient (Wildman–Crippen LogP) is 0.272. The summed E-state index contributed by atoms with van der Waals surface area (Å²) in [7, 11) is -2.25. The molecule has 5 nitrogen and oxygen atoms in total. The number of pyridine rings is 1. The number of sulfone groups is 1. The van der Waals surface area contributed by atoms with Gasteiger partial charge in [0.25, 0.3) is 0 Å². The Morgan fingerprint density at radius 2 is 2.14 bits per heavy atom. The van der Waals surface area contributed by atoms with E-state index in [1.165, 1.54) is 25.6 Å². The van der Waals surface area contributed by atoms with Gasteiger partial charge in [-0.1, -0.05) is 0 Å². The molecule has 1 aromatic rings. The van der Waals surface area contributed by atoms with E-state index >= 15 is 0 Å². The fraction of sp³-hybridized carbons (Fsp3) is 0.250. The highest BCUT2D eigenvalue weighted by atomic mass is 32.2. The van der Waals surface area contributed by atoms with Gasteiger partial charge in [-0.25, -0.2) is 13.2 Å². The summed E-state index contributed by atoms with van der Waals surface area (Å²) in [6.45, 7) is 0. The Morgan fingerprint density at radius 1 is 1.50 bits per heavy atom. The number of esters is 1. The minimum atomic E-state index is -3.43. The number of carbonyl (C=O) groups is 1. The predicted molar refractivity (Wildman–Crippen MR) is 48.7 cm³/mol. The smallest absolute Gasteiger partial charge is 0.340 e. The SMILES string of the molecule is COC(=O)c1cnccc1S(C)(=O)=O. The molecule has 0 unspecified atom stereocenters. The molecule has 0 aliphatic rings. The van der Waals surface area contributed by atoms with Crippen LogP contribution in [-0.2, 0) is 14.6 Å². The van der Waals surface area contributed by atoms with Gasteiger partial charge in [0.2, 0.25) is 0 Å². The molecule has 0 atom stereocenters. The number of methoxy groups -OCH3 is 1. The molecule has 0 fully saturated rings. The molecule has 6 heteroatoms. The first-order valence-electron chi connectivity index (χ1n) is 3.69. The fourth-order valence-electron chi connectivity index (χ4n) is 0.968. The van der Waals surface area contributed by atoms with Crippen LogP contribution < -0.4 is 0 Å². The maximum atomic E-state index is 11.2. The summed E-state index contributed by atoms with van der Waals surface area (Å²) in [4.78, 5) is 14.7. The summed E-state index contributed by atoms with van der Waals surface area (Å²) in [6.07, 6.45) is 3.50. The Labute approximate surface area is 81.6 Å². The number of nitrogens with zero attached hydrogens (tertiary/aromatic N) is 1. The molecule has 0 saturated heterocycles. The van der Waals surface area contributed by atoms with E-state index in [1.54, 1.807) is 0 Å². The zero-order chi connectivity index (χ0) is 10.8. The van der Waals surface area contributed by atoms with Gasteiger partial charge < -0.3 is 4.74 Å². The maximum absolute atomic E-state index is 11.2. The quantitative estimate of drug-likeness (QED) is 0.662. The third-order valence-corrected chi connectivity index (χ3v) is 2.74. The Hall–Kier alpha value is -1.43. The van der Waals surface area contributed by atoms with Gasteiger partial charge in [-0.05, 0) is 6.07 Å². The molecule has 0 aliphatic heterocycles. The Kier molecular flexibility index (Phi) is 2.85. The van der Waals surface area contributed by atoms with Crippen molar-refractivity contribution < 1.29 is 17.9 Å². The van der Waals surface area contributed by atoms with Crippen molar-refractivity contribution >= 4 is 15.8 Å². The van der Waals surface area contributed by atoms with Gasteiger partial charge in [0.1, 0.15) is 0 Å². The third-order valence-electron chi connectivity index (χ3n) is 1.59. The Balaban J connectivity index is 3.38. The van der Waals surface area contributed by atoms with E-state index < -0.39 is 15.8 Å². The maximum Gasteiger partial charge on any atom is 0.340 e. The number of rotatable bonds is 2. The molecule has 1 rings (SSSR count). The average Bonchev–Trinajstić information content (AvgIpc) is 2.15. The second-order valence-electron chi connectivity index (χ2n) is 2.64. The lowest BCUT2D eigenvalue weighted by molar-refractivity contribution is 0.0596. The first kappa shape index (κ1) is 10.6. The van der Waals surface area contributed by atoms with E-state index in [0.29, 0.717) is 0 Å². The van der Waals surface area contributed by atoms with Crippen LogP contribution in [0.15, 0.2) is 23.4 Å². The minimum absolute atomic E-state index is 0.0440. The number of aromatic nitrogens is 1. The van der Waals surface area contributed by atoms with Crippen molar-refractivity contribution in [1.82, 2.24) is 4.98 Å². The van der Waals surface area contributed by atoms with Gasteiger partial charge in [0, 0.05) is 18.6 Å². The lowest BCUT2D eigenvalue weighted by Gasteiger charge is -2.03. The molecular weight excluding hydrogens is 206 g/mol. The lowest BCUT2D eigenvalue weighted by atomic mass is 10.3. The van der Waals surface area contributed by atoms with Crippen molar-refractivity contribution in [2.24, 2.45) is 0 Å². The van der Waals surface area contributed by atoms with Crippen LogP contribution in [-0.4, -0.2) is 32.7 Å². The molecule has 0 saturated carbocycles. The van der Waals surface area contributed by atoms with Crippen molar-refractivity contribution in [3.8, 4) is 0 Å². The topological polar surface area (TPSA) is 73.3 Å². The van der Waals surface area contributed by atoms with Crippen molar-refractivity contribution in [2.75, 3.05) is 13.4 Å². The lowest BCUT2D eigenvalue weighted by Crippen LogP contribution is -2.09. The molecule has 0 aliphatic carbocycles. The van der Waals surface area contributed by atoms with Crippen LogP contribution in [0.3, 0.4) is 0 Å². The third kappa shape index (κ3) is 2.08. The summed E-state index contributed by atoms with van der Waals surface area (Å²) in [5, 5.41) is 0. The molecule has 0 spiro atoms. The van der Waals surface area contributed by atoms with Gasteiger partial charge in [-0.3, -0.25) is 4.98 Å². The molecule has 1 aromatic heterocycles. The zero-order valence-electron chi connectivity index (χ0n) is 7.72. The fourth-order valence-corrected chi connectivity index (χ4v) is 1.81. The van der Waals surface area contributed by atoms with Crippen molar-refractivity contribution in [1.29, 1.82) is 0 Å². The van der Waals surface area contributed by atoms with Crippen molar-refractivity contribution in [3.63, 3.8) is 0 Å². The Morgan fingerprint density at radius 3 is 2.64 bits per heavy atom. The zero-order valence-corrected chi connectivity index (χ0v) is 8.54. The first-order chi connectivity index (χ1) is 6.46. The van der Waals surface area contributed by atoms with Crippen LogP contribution in [0.4, 0.5) is 0 Å². The largest absolute Gasteiger partial charge is 0.465 e. The highest BCUT2D eigenvalue weighted by molar-refractivity contribution is 7.90. The number of hydrogen-bond donors (Lipinski definition) is 0. The van der Waals surface area contributed by atoms with Crippen LogP contribution in [0.5, 0.6) is 0 Å². The molecular formula is C8H9NO4S. The molecule has 0 amide bonds. The molecule has 76 valence electrons. The molecule has 1 heterocycles. The minimum Gasteiger partial charge on any atom is -0.465 e. The second-order valence-corrected chi connectivity index (χ2v) is 4.62. The average molecular weight is 215 g/mol. The normalized spacial score (nSPS) is 11.0. The highest BCUT2D eigenvalue weighted by Gasteiger charge is 2.18. The van der Waals surface area contributed by atoms with E-state index in [1.807, 2.05) is 0 Å². The van der Waals surface area contributed by atoms with E-state index in [4.69, 9.17) is 0 Å². The Bertz CT molecular complexity index is 452. The molecule has 14 heavy (non-hydrogen) atoms. The summed E-state index contributed by atoms with van der Waals surface area (Å²) in [5.41, 5.74) is -0.0440. The molecule has 0 aromatic carbocycles. The van der Waals surface area contributed by atoms with Gasteiger partial charge in [0.05, 0.1) is 17.6 Å². The van der Waals surface area contributed by atoms with Crippen LogP contribution in [0.25, 0.3) is 0 Å². The first-order valence-corrected chi connectivity index (χ1v) is 5.58. The van der Waals surface area contributed by atoms with Crippen molar-refractivity contribution in [2.45, 2.75) is 4.90 Å². The molecule has 0 radical (unpaired) electrons. The number of ether oxygens (including phenoxy) is 1. The van der Waals surface area contributed by atoms with Gasteiger partial charge in [-0.15, -0.1) is 0 Å². The summed E-state index contributed by atoms with van der Waals surface area (Å²) in [6, 6.07) is 1.27. The monoisotopic (exact) mass is 215 g/mol. The van der Waals surface area contributed by atoms with Crippen LogP contribution >= 0.6 is 0 Å². The van der Waals surface area contributed by atoms with Crippen LogP contribution in [0.1, 0.15) is 10.4 Å². The van der Waals surface area contributed by atoms with Gasteiger partial charge >= 0.3 is 5.97 Å². The summed E-state index contributed by atoms with van der Waals surface area (Å²) in [5.74, 6) is -0.710. The standard InChI is InChI=1S/C8H9NO4S/c1-13-8(10)6-5-9-4-3-7(6)14(2,11)12/h3-5H,1-2H3. The van der Waals surface area contributed by atoms with Gasteiger partial charge in [-0.2, -0.15) is 0 Å².